The van der Waals surface area contributed by atoms with Crippen LogP contribution >= 0.6 is 0 Å². The molecule has 0 bridgehead atoms. The van der Waals surface area contributed by atoms with Crippen LogP contribution in [0.4, 0.5) is 0 Å². The van der Waals surface area contributed by atoms with Crippen LogP contribution in [0.25, 0.3) is 10.9 Å². The van der Waals surface area contributed by atoms with E-state index in [0.29, 0.717) is 19.4 Å². The first-order valence-corrected chi connectivity index (χ1v) is 9.14. The van der Waals surface area contributed by atoms with Gasteiger partial charge < -0.3 is 19.9 Å². The fourth-order valence-electron chi connectivity index (χ4n) is 3.70. The summed E-state index contributed by atoms with van der Waals surface area (Å²) in [6.07, 6.45) is 8.28. The van der Waals surface area contributed by atoms with Crippen molar-refractivity contribution in [1.82, 2.24) is 14.8 Å². The number of rotatable bonds is 6. The summed E-state index contributed by atoms with van der Waals surface area (Å²) in [4.78, 5) is 26.9. The highest BCUT2D eigenvalue weighted by atomic mass is 16.3. The average Bonchev–Trinajstić information content (AvgIpc) is 3.01. The molecule has 1 aromatic carbocycles. The van der Waals surface area contributed by atoms with Gasteiger partial charge in [-0.15, -0.1) is 6.42 Å². The Hall–Kier alpha value is -2.78. The first-order chi connectivity index (χ1) is 13.0. The third-order valence-corrected chi connectivity index (χ3v) is 5.23. The number of nitrogens with one attached hydrogen (secondary N) is 1. The Kier molecular flexibility index (Phi) is 5.52. The number of aliphatic hydroxyl groups is 1. The molecule has 1 aliphatic rings. The number of fused-ring (bicyclic) bond motifs is 1. The van der Waals surface area contributed by atoms with Gasteiger partial charge >= 0.3 is 0 Å². The largest absolute Gasteiger partial charge is 0.396 e. The Morgan fingerprint density at radius 2 is 2.07 bits per heavy atom. The van der Waals surface area contributed by atoms with Crippen molar-refractivity contribution < 1.29 is 14.7 Å². The monoisotopic (exact) mass is 367 g/mol. The zero-order chi connectivity index (χ0) is 19.6. The second-order valence-corrected chi connectivity index (χ2v) is 7.26. The van der Waals surface area contributed by atoms with Crippen LogP contribution in [0.5, 0.6) is 0 Å². The molecule has 142 valence electrons. The van der Waals surface area contributed by atoms with Gasteiger partial charge in [-0.25, -0.2) is 0 Å². The molecule has 3 atom stereocenters. The molecule has 2 amide bonds. The Bertz CT molecular complexity index is 896. The fraction of sp³-hybridized carbons (Fsp3) is 0.429. The van der Waals surface area contributed by atoms with Gasteiger partial charge in [-0.05, 0) is 24.0 Å². The molecule has 3 rings (SSSR count). The van der Waals surface area contributed by atoms with Crippen molar-refractivity contribution in [3.63, 3.8) is 0 Å². The first kappa shape index (κ1) is 19.0. The lowest BCUT2D eigenvalue weighted by Gasteiger charge is -2.37. The van der Waals surface area contributed by atoms with Gasteiger partial charge in [0.1, 0.15) is 12.1 Å². The molecule has 0 spiro atoms. The zero-order valence-corrected chi connectivity index (χ0v) is 15.7. The quantitative estimate of drug-likeness (QED) is 0.753. The number of aromatic nitrogens is 1. The molecule has 1 saturated heterocycles. The summed E-state index contributed by atoms with van der Waals surface area (Å²) in [7, 11) is 1.66. The van der Waals surface area contributed by atoms with Crippen molar-refractivity contribution in [1.29, 1.82) is 0 Å². The minimum Gasteiger partial charge on any atom is -0.396 e. The van der Waals surface area contributed by atoms with Gasteiger partial charge in [-0.2, -0.15) is 0 Å². The number of para-hydroxylation sites is 1. The van der Waals surface area contributed by atoms with Crippen LogP contribution in [0.15, 0.2) is 30.5 Å². The van der Waals surface area contributed by atoms with Gasteiger partial charge in [-0.3, -0.25) is 9.59 Å². The summed E-state index contributed by atoms with van der Waals surface area (Å²) in [6, 6.07) is 6.75. The van der Waals surface area contributed by atoms with Gasteiger partial charge in [-0.1, -0.05) is 31.0 Å². The van der Waals surface area contributed by atoms with Gasteiger partial charge in [0.2, 0.25) is 11.8 Å². The number of terminal acetylenes is 1. The Morgan fingerprint density at radius 1 is 1.33 bits per heavy atom. The molecule has 0 aliphatic carbocycles. The number of nitrogens with zero attached hydrogens (tertiary/aromatic N) is 2. The number of amides is 2. The van der Waals surface area contributed by atoms with Crippen LogP contribution in [0, 0.1) is 18.3 Å². The van der Waals surface area contributed by atoms with Crippen molar-refractivity contribution in [3.8, 4) is 12.3 Å². The van der Waals surface area contributed by atoms with E-state index < -0.39 is 12.1 Å². The number of piperazine rings is 1. The second kappa shape index (κ2) is 7.85. The molecule has 1 aromatic heterocycles. The molecule has 0 radical (unpaired) electrons. The predicted molar refractivity (Wildman–Crippen MR) is 104 cm³/mol. The summed E-state index contributed by atoms with van der Waals surface area (Å²) in [5.74, 6) is 2.31. The summed E-state index contributed by atoms with van der Waals surface area (Å²) >= 11 is 0. The maximum atomic E-state index is 12.8. The van der Waals surface area contributed by atoms with Crippen LogP contribution in [0.3, 0.4) is 0 Å². The van der Waals surface area contributed by atoms with E-state index in [1.54, 1.807) is 7.05 Å². The summed E-state index contributed by atoms with van der Waals surface area (Å²) in [5.41, 5.74) is 2.00. The van der Waals surface area contributed by atoms with Crippen molar-refractivity contribution in [2.75, 3.05) is 13.7 Å². The van der Waals surface area contributed by atoms with Crippen LogP contribution in [-0.4, -0.2) is 52.1 Å². The van der Waals surface area contributed by atoms with E-state index >= 15 is 0 Å². The SMILES string of the molecule is C#CCn1cc(CC2NC(=O)C(CC(C)CO)N(C)C2=O)c2ccccc21. The number of likely N-dealkylation sites (N-methyl/N-ethyl adjacent to an activating group) is 1. The van der Waals surface area contributed by atoms with Crippen LogP contribution in [0.2, 0.25) is 0 Å². The number of hydrogen-bond acceptors (Lipinski definition) is 3. The van der Waals surface area contributed by atoms with Gasteiger partial charge in [0, 0.05) is 37.2 Å². The number of benzene rings is 1. The van der Waals surface area contributed by atoms with Gasteiger partial charge in [0.15, 0.2) is 0 Å². The lowest BCUT2D eigenvalue weighted by molar-refractivity contribution is -0.148. The molecule has 1 fully saturated rings. The summed E-state index contributed by atoms with van der Waals surface area (Å²) in [6.45, 7) is 2.30. The van der Waals surface area contributed by atoms with E-state index in [9.17, 15) is 14.7 Å². The topological polar surface area (TPSA) is 74.6 Å². The molecular formula is C21H25N3O3. The van der Waals surface area contributed by atoms with E-state index in [2.05, 4.69) is 11.2 Å². The standard InChI is InChI=1S/C21H25N3O3/c1-4-9-24-12-15(16-7-5-6-8-18(16)24)11-17-21(27)23(3)19(20(26)22-17)10-14(2)13-25/h1,5-8,12,14,17,19,25H,9-11,13H2,2-3H3,(H,22,26). The molecule has 27 heavy (non-hydrogen) atoms. The van der Waals surface area contributed by atoms with Crippen LogP contribution in [0.1, 0.15) is 18.9 Å². The van der Waals surface area contributed by atoms with E-state index in [4.69, 9.17) is 6.42 Å². The Labute approximate surface area is 159 Å². The van der Waals surface area contributed by atoms with E-state index in [-0.39, 0.29) is 24.3 Å². The third-order valence-electron chi connectivity index (χ3n) is 5.23. The molecule has 2 N–H and O–H groups in total. The third kappa shape index (κ3) is 3.69. The highest BCUT2D eigenvalue weighted by molar-refractivity contribution is 5.97. The molecule has 2 heterocycles. The first-order valence-electron chi connectivity index (χ1n) is 9.14. The molecule has 3 unspecified atom stereocenters. The van der Waals surface area contributed by atoms with Gasteiger partial charge in [0.05, 0.1) is 6.54 Å². The highest BCUT2D eigenvalue weighted by Gasteiger charge is 2.39. The molecule has 1 aliphatic heterocycles. The highest BCUT2D eigenvalue weighted by Crippen LogP contribution is 2.24. The molecule has 2 aromatic rings. The van der Waals surface area contributed by atoms with Crippen LogP contribution in [-0.2, 0) is 22.6 Å². The average molecular weight is 367 g/mol. The molecule has 6 nitrogen and oxygen atoms in total. The number of carbonyl (C=O) groups excluding carboxylic acids is 2. The number of aliphatic hydroxyl groups excluding tert-OH is 1. The lowest BCUT2D eigenvalue weighted by atomic mass is 9.95. The second-order valence-electron chi connectivity index (χ2n) is 7.26. The van der Waals surface area contributed by atoms with E-state index in [1.165, 1.54) is 4.90 Å². The number of carbonyl (C=O) groups is 2. The number of hydrogen-bond donors (Lipinski definition) is 2. The fourth-order valence-corrected chi connectivity index (χ4v) is 3.70. The Morgan fingerprint density at radius 3 is 2.78 bits per heavy atom. The van der Waals surface area contributed by atoms with E-state index in [1.807, 2.05) is 42.0 Å². The Balaban J connectivity index is 1.83. The van der Waals surface area contributed by atoms with E-state index in [0.717, 1.165) is 16.5 Å². The molecule has 0 saturated carbocycles. The van der Waals surface area contributed by atoms with Gasteiger partial charge in [0.25, 0.3) is 0 Å². The minimum absolute atomic E-state index is 0.01000. The smallest absolute Gasteiger partial charge is 0.245 e. The van der Waals surface area contributed by atoms with Crippen molar-refractivity contribution >= 4 is 22.7 Å². The maximum absolute atomic E-state index is 12.8. The van der Waals surface area contributed by atoms with Crippen molar-refractivity contribution in [2.45, 2.75) is 38.4 Å². The molecule has 6 heteroatoms. The lowest BCUT2D eigenvalue weighted by Crippen LogP contribution is -2.62. The van der Waals surface area contributed by atoms with Crippen molar-refractivity contribution in [3.05, 3.63) is 36.0 Å². The summed E-state index contributed by atoms with van der Waals surface area (Å²) < 4.78 is 1.98. The normalized spacial score (nSPS) is 21.2. The zero-order valence-electron chi connectivity index (χ0n) is 15.7. The van der Waals surface area contributed by atoms with Crippen molar-refractivity contribution in [2.24, 2.45) is 5.92 Å². The molecular weight excluding hydrogens is 342 g/mol. The predicted octanol–water partition coefficient (Wildman–Crippen LogP) is 1.16. The minimum atomic E-state index is -0.603. The van der Waals surface area contributed by atoms with Crippen LogP contribution < -0.4 is 5.32 Å². The maximum Gasteiger partial charge on any atom is 0.245 e. The summed E-state index contributed by atoms with van der Waals surface area (Å²) in [5, 5.41) is 13.2.